The molecule has 1 fully saturated rings. The van der Waals surface area contributed by atoms with Crippen LogP contribution in [-0.2, 0) is 0 Å². The van der Waals surface area contributed by atoms with Gasteiger partial charge in [0.1, 0.15) is 0 Å². The van der Waals surface area contributed by atoms with Gasteiger partial charge in [-0.25, -0.2) is 0 Å². The highest BCUT2D eigenvalue weighted by molar-refractivity contribution is 9.10. The predicted octanol–water partition coefficient (Wildman–Crippen LogP) is 2.53. The second-order valence-electron chi connectivity index (χ2n) is 4.29. The molecule has 1 N–H and O–H groups in total. The Morgan fingerprint density at radius 2 is 2.41 bits per heavy atom. The largest absolute Gasteiger partial charge is 0.370 e. The van der Waals surface area contributed by atoms with Crippen LogP contribution >= 0.6 is 15.9 Å². The highest BCUT2D eigenvalue weighted by atomic mass is 79.9. The molecule has 0 radical (unpaired) electrons. The van der Waals surface area contributed by atoms with Crippen LogP contribution in [0, 0.1) is 11.3 Å². The average Bonchev–Trinajstić information content (AvgIpc) is 2.55. The van der Waals surface area contributed by atoms with E-state index in [1.54, 1.807) is 0 Å². The summed E-state index contributed by atoms with van der Waals surface area (Å²) in [6.07, 6.45) is 1.69. The molecule has 0 spiro atoms. The van der Waals surface area contributed by atoms with Crippen LogP contribution in [0.4, 0.5) is 5.69 Å². The number of nitriles is 1. The summed E-state index contributed by atoms with van der Waals surface area (Å²) in [4.78, 5) is 2.35. The van der Waals surface area contributed by atoms with Gasteiger partial charge in [-0.1, -0.05) is 22.0 Å². The van der Waals surface area contributed by atoms with Gasteiger partial charge in [-0.05, 0) is 31.2 Å². The van der Waals surface area contributed by atoms with Crippen molar-refractivity contribution in [1.82, 2.24) is 5.32 Å². The van der Waals surface area contributed by atoms with Crippen LogP contribution in [0.3, 0.4) is 0 Å². The molecule has 3 nitrogen and oxygen atoms in total. The summed E-state index contributed by atoms with van der Waals surface area (Å²) < 4.78 is 1.10. The number of hydrogen-bond acceptors (Lipinski definition) is 3. The van der Waals surface area contributed by atoms with E-state index >= 15 is 0 Å². The third kappa shape index (κ3) is 3.45. The van der Waals surface area contributed by atoms with E-state index in [1.165, 1.54) is 5.69 Å². The van der Waals surface area contributed by atoms with Crippen LogP contribution in [0.25, 0.3) is 0 Å². The molecule has 0 amide bonds. The summed E-state index contributed by atoms with van der Waals surface area (Å²) in [6.45, 7) is 2.95. The Morgan fingerprint density at radius 3 is 3.18 bits per heavy atom. The van der Waals surface area contributed by atoms with Gasteiger partial charge in [-0.15, -0.1) is 0 Å². The van der Waals surface area contributed by atoms with Gasteiger partial charge >= 0.3 is 0 Å². The summed E-state index contributed by atoms with van der Waals surface area (Å²) in [5.41, 5.74) is 1.23. The van der Waals surface area contributed by atoms with Crippen molar-refractivity contribution in [2.45, 2.75) is 18.9 Å². The lowest BCUT2D eigenvalue weighted by Gasteiger charge is -2.25. The van der Waals surface area contributed by atoms with E-state index in [9.17, 15) is 0 Å². The minimum atomic E-state index is 0.279. The Balaban J connectivity index is 2.11. The van der Waals surface area contributed by atoms with Gasteiger partial charge in [0.25, 0.3) is 0 Å². The molecule has 0 aromatic heterocycles. The van der Waals surface area contributed by atoms with Crippen LogP contribution in [0.2, 0.25) is 0 Å². The molecule has 90 valence electrons. The summed E-state index contributed by atoms with van der Waals surface area (Å²) in [6, 6.07) is 10.9. The normalized spacial score (nSPS) is 20.7. The quantitative estimate of drug-likeness (QED) is 0.911. The fraction of sp³-hybridized carbons (Fsp3) is 0.462. The lowest BCUT2D eigenvalue weighted by molar-refractivity contribution is 0.552. The van der Waals surface area contributed by atoms with E-state index in [2.05, 4.69) is 50.4 Å². The second-order valence-corrected chi connectivity index (χ2v) is 5.21. The Hall–Kier alpha value is -1.05. The van der Waals surface area contributed by atoms with Gasteiger partial charge in [-0.3, -0.25) is 0 Å². The molecule has 1 saturated heterocycles. The molecule has 0 bridgehead atoms. The van der Waals surface area contributed by atoms with E-state index in [1.807, 2.05) is 6.07 Å². The predicted molar refractivity (Wildman–Crippen MR) is 73.0 cm³/mol. The molecule has 1 atom stereocenters. The summed E-state index contributed by atoms with van der Waals surface area (Å²) >= 11 is 3.50. The zero-order valence-corrected chi connectivity index (χ0v) is 11.3. The smallest absolute Gasteiger partial charge is 0.0638 e. The second kappa shape index (κ2) is 6.04. The monoisotopic (exact) mass is 293 g/mol. The lowest BCUT2D eigenvalue weighted by atomic mass is 10.2. The topological polar surface area (TPSA) is 39.1 Å². The van der Waals surface area contributed by atoms with Crippen LogP contribution in [-0.4, -0.2) is 25.7 Å². The van der Waals surface area contributed by atoms with E-state index < -0.39 is 0 Å². The third-order valence-electron chi connectivity index (χ3n) is 2.99. The first-order chi connectivity index (χ1) is 8.29. The molecular weight excluding hydrogens is 278 g/mol. The van der Waals surface area contributed by atoms with Gasteiger partial charge < -0.3 is 10.2 Å². The molecule has 1 aliphatic rings. The molecule has 1 aromatic carbocycles. The first-order valence-electron chi connectivity index (χ1n) is 5.90. The Morgan fingerprint density at radius 1 is 1.53 bits per heavy atom. The third-order valence-corrected chi connectivity index (χ3v) is 3.48. The van der Waals surface area contributed by atoms with Crippen LogP contribution in [0.5, 0.6) is 0 Å². The maximum atomic E-state index is 8.80. The van der Waals surface area contributed by atoms with Crippen LogP contribution in [0.15, 0.2) is 28.7 Å². The van der Waals surface area contributed by atoms with Crippen molar-refractivity contribution in [3.05, 3.63) is 28.7 Å². The SMILES string of the molecule is N#CCC1CN(c2cccc(Br)c2)CCCN1. The maximum absolute atomic E-state index is 8.80. The number of hydrogen-bond donors (Lipinski definition) is 1. The van der Waals surface area contributed by atoms with Gasteiger partial charge in [-0.2, -0.15) is 5.26 Å². The van der Waals surface area contributed by atoms with Crippen molar-refractivity contribution in [1.29, 1.82) is 5.26 Å². The molecule has 1 aliphatic heterocycles. The minimum Gasteiger partial charge on any atom is -0.370 e. The van der Waals surface area contributed by atoms with Crippen molar-refractivity contribution in [3.8, 4) is 6.07 Å². The van der Waals surface area contributed by atoms with E-state index in [4.69, 9.17) is 5.26 Å². The molecule has 4 heteroatoms. The highest BCUT2D eigenvalue weighted by Gasteiger charge is 2.17. The Bertz CT molecular complexity index is 413. The molecular formula is C13H16BrN3. The van der Waals surface area contributed by atoms with Crippen molar-refractivity contribution in [3.63, 3.8) is 0 Å². The number of benzene rings is 1. The molecule has 1 aromatic rings. The van der Waals surface area contributed by atoms with Crippen LogP contribution < -0.4 is 10.2 Å². The Labute approximate surface area is 111 Å². The van der Waals surface area contributed by atoms with Gasteiger partial charge in [0, 0.05) is 29.3 Å². The number of anilines is 1. The van der Waals surface area contributed by atoms with Crippen molar-refractivity contribution in [2.75, 3.05) is 24.5 Å². The molecule has 1 unspecified atom stereocenters. The highest BCUT2D eigenvalue weighted by Crippen LogP contribution is 2.21. The lowest BCUT2D eigenvalue weighted by Crippen LogP contribution is -2.37. The van der Waals surface area contributed by atoms with E-state index in [0.29, 0.717) is 6.42 Å². The number of nitrogens with zero attached hydrogens (tertiary/aromatic N) is 2. The Kier molecular flexibility index (Phi) is 4.41. The first-order valence-corrected chi connectivity index (χ1v) is 6.70. The fourth-order valence-corrected chi connectivity index (χ4v) is 2.54. The van der Waals surface area contributed by atoms with Gasteiger partial charge in [0.2, 0.25) is 0 Å². The maximum Gasteiger partial charge on any atom is 0.0638 e. The van der Waals surface area contributed by atoms with Crippen molar-refractivity contribution < 1.29 is 0 Å². The van der Waals surface area contributed by atoms with E-state index in [-0.39, 0.29) is 6.04 Å². The molecule has 1 heterocycles. The standard InChI is InChI=1S/C13H16BrN3/c14-11-3-1-4-13(9-11)17-8-2-7-16-12(10-17)5-6-15/h1,3-4,9,12,16H,2,5,7-8,10H2. The molecule has 17 heavy (non-hydrogen) atoms. The van der Waals surface area contributed by atoms with Crippen molar-refractivity contribution in [2.24, 2.45) is 0 Å². The zero-order chi connectivity index (χ0) is 12.1. The van der Waals surface area contributed by atoms with Crippen LogP contribution in [0.1, 0.15) is 12.8 Å². The zero-order valence-electron chi connectivity index (χ0n) is 9.69. The minimum absolute atomic E-state index is 0.279. The number of halogens is 1. The first kappa shape index (κ1) is 12.4. The average molecular weight is 294 g/mol. The van der Waals surface area contributed by atoms with E-state index in [0.717, 1.165) is 30.5 Å². The summed E-state index contributed by atoms with van der Waals surface area (Å²) in [7, 11) is 0. The van der Waals surface area contributed by atoms with Gasteiger partial charge in [0.15, 0.2) is 0 Å². The van der Waals surface area contributed by atoms with Gasteiger partial charge in [0.05, 0.1) is 12.5 Å². The summed E-state index contributed by atoms with van der Waals surface area (Å²) in [5.74, 6) is 0. The summed E-state index contributed by atoms with van der Waals surface area (Å²) in [5, 5.41) is 12.2. The molecule has 0 saturated carbocycles. The number of rotatable bonds is 2. The number of nitrogens with one attached hydrogen (secondary N) is 1. The van der Waals surface area contributed by atoms with Crippen molar-refractivity contribution >= 4 is 21.6 Å². The fourth-order valence-electron chi connectivity index (χ4n) is 2.15. The molecule has 2 rings (SSSR count). The molecule has 0 aliphatic carbocycles.